The van der Waals surface area contributed by atoms with E-state index in [9.17, 15) is 9.59 Å². The maximum absolute atomic E-state index is 12.2. The van der Waals surface area contributed by atoms with Crippen LogP contribution in [0.15, 0.2) is 30.3 Å². The molecule has 0 aliphatic carbocycles. The van der Waals surface area contributed by atoms with Gasteiger partial charge in [-0.3, -0.25) is 14.4 Å². The van der Waals surface area contributed by atoms with Crippen molar-refractivity contribution < 1.29 is 14.4 Å². The van der Waals surface area contributed by atoms with Crippen molar-refractivity contribution in [2.75, 3.05) is 5.75 Å². The SMILES string of the molecule is C[C@@]12CCC(=O)N1[C@@H](C(=O)NOCc1ccccc1)CS2. The fourth-order valence-corrected chi connectivity index (χ4v) is 4.28. The molecule has 2 amide bonds. The van der Waals surface area contributed by atoms with E-state index >= 15 is 0 Å². The van der Waals surface area contributed by atoms with Gasteiger partial charge < -0.3 is 4.90 Å². The summed E-state index contributed by atoms with van der Waals surface area (Å²) in [7, 11) is 0. The second kappa shape index (κ2) is 5.69. The molecule has 0 radical (unpaired) electrons. The van der Waals surface area contributed by atoms with Gasteiger partial charge in [0.2, 0.25) is 5.91 Å². The highest BCUT2D eigenvalue weighted by atomic mass is 32.2. The van der Waals surface area contributed by atoms with Crippen LogP contribution in [-0.2, 0) is 21.0 Å². The van der Waals surface area contributed by atoms with Gasteiger partial charge in [0.25, 0.3) is 5.91 Å². The molecule has 2 aliphatic rings. The lowest BCUT2D eigenvalue weighted by Crippen LogP contribution is -2.50. The molecule has 1 aromatic rings. The molecule has 3 rings (SSSR count). The summed E-state index contributed by atoms with van der Waals surface area (Å²) in [5.74, 6) is 0.450. The number of rotatable bonds is 4. The van der Waals surface area contributed by atoms with Gasteiger partial charge in [-0.25, -0.2) is 5.48 Å². The van der Waals surface area contributed by atoms with Gasteiger partial charge in [0, 0.05) is 12.2 Å². The second-order valence-corrected chi connectivity index (χ2v) is 7.01. The van der Waals surface area contributed by atoms with Crippen LogP contribution >= 0.6 is 11.8 Å². The molecular formula is C15H18N2O3S. The molecule has 1 aromatic carbocycles. The van der Waals surface area contributed by atoms with Gasteiger partial charge >= 0.3 is 0 Å². The van der Waals surface area contributed by atoms with Gasteiger partial charge in [-0.15, -0.1) is 11.8 Å². The molecule has 0 spiro atoms. The molecule has 21 heavy (non-hydrogen) atoms. The number of carbonyl (C=O) groups excluding carboxylic acids is 2. The monoisotopic (exact) mass is 306 g/mol. The van der Waals surface area contributed by atoms with Gasteiger partial charge in [-0.05, 0) is 18.9 Å². The van der Waals surface area contributed by atoms with Gasteiger partial charge in [0.05, 0.1) is 11.5 Å². The summed E-state index contributed by atoms with van der Waals surface area (Å²) in [4.78, 5) is 30.9. The van der Waals surface area contributed by atoms with E-state index in [1.165, 1.54) is 0 Å². The average Bonchev–Trinajstić information content (AvgIpc) is 2.97. The van der Waals surface area contributed by atoms with Crippen LogP contribution in [-0.4, -0.2) is 33.4 Å². The molecule has 5 nitrogen and oxygen atoms in total. The molecule has 0 unspecified atom stereocenters. The fraction of sp³-hybridized carbons (Fsp3) is 0.467. The van der Waals surface area contributed by atoms with Crippen LogP contribution in [0.2, 0.25) is 0 Å². The number of nitrogens with zero attached hydrogens (tertiary/aromatic N) is 1. The number of hydrogen-bond donors (Lipinski definition) is 1. The first kappa shape index (κ1) is 14.4. The van der Waals surface area contributed by atoms with E-state index in [1.807, 2.05) is 37.3 Å². The van der Waals surface area contributed by atoms with E-state index in [-0.39, 0.29) is 16.7 Å². The van der Waals surface area contributed by atoms with Gasteiger partial charge in [0.1, 0.15) is 6.04 Å². The van der Waals surface area contributed by atoms with Crippen molar-refractivity contribution in [3.8, 4) is 0 Å². The van der Waals surface area contributed by atoms with E-state index in [0.29, 0.717) is 18.8 Å². The molecule has 2 saturated heterocycles. The zero-order valence-electron chi connectivity index (χ0n) is 11.9. The summed E-state index contributed by atoms with van der Waals surface area (Å²) < 4.78 is 0. The minimum Gasteiger partial charge on any atom is -0.315 e. The fourth-order valence-electron chi connectivity index (χ4n) is 2.85. The summed E-state index contributed by atoms with van der Waals surface area (Å²) in [5.41, 5.74) is 3.46. The summed E-state index contributed by atoms with van der Waals surface area (Å²) in [6.07, 6.45) is 1.34. The van der Waals surface area contributed by atoms with Crippen molar-refractivity contribution in [2.45, 2.75) is 37.3 Å². The topological polar surface area (TPSA) is 58.6 Å². The zero-order chi connectivity index (χ0) is 14.9. The highest BCUT2D eigenvalue weighted by Gasteiger charge is 2.52. The number of benzene rings is 1. The van der Waals surface area contributed by atoms with E-state index in [0.717, 1.165) is 12.0 Å². The molecule has 2 heterocycles. The first-order chi connectivity index (χ1) is 10.1. The Morgan fingerprint density at radius 2 is 2.24 bits per heavy atom. The zero-order valence-corrected chi connectivity index (χ0v) is 12.7. The molecule has 0 saturated carbocycles. The first-order valence-electron chi connectivity index (χ1n) is 7.02. The second-order valence-electron chi connectivity index (χ2n) is 5.51. The minimum atomic E-state index is -0.425. The van der Waals surface area contributed by atoms with Crippen LogP contribution in [0.3, 0.4) is 0 Å². The Balaban J connectivity index is 1.55. The van der Waals surface area contributed by atoms with Crippen LogP contribution in [0.5, 0.6) is 0 Å². The summed E-state index contributed by atoms with van der Waals surface area (Å²) in [6.45, 7) is 2.35. The van der Waals surface area contributed by atoms with Gasteiger partial charge in [0.15, 0.2) is 0 Å². The smallest absolute Gasteiger partial charge is 0.267 e. The third kappa shape index (κ3) is 2.78. The Bertz CT molecular complexity index is 551. The van der Waals surface area contributed by atoms with Crippen LogP contribution in [0.25, 0.3) is 0 Å². The predicted molar refractivity (Wildman–Crippen MR) is 80.1 cm³/mol. The van der Waals surface area contributed by atoms with Crippen molar-refractivity contribution in [2.24, 2.45) is 0 Å². The van der Waals surface area contributed by atoms with E-state index in [4.69, 9.17) is 4.84 Å². The summed E-state index contributed by atoms with van der Waals surface area (Å²) >= 11 is 1.67. The molecular weight excluding hydrogens is 288 g/mol. The van der Waals surface area contributed by atoms with Crippen molar-refractivity contribution in [1.29, 1.82) is 0 Å². The molecule has 0 aromatic heterocycles. The highest BCUT2D eigenvalue weighted by Crippen LogP contribution is 2.47. The Kier molecular flexibility index (Phi) is 3.91. The Morgan fingerprint density at radius 3 is 3.00 bits per heavy atom. The number of nitrogens with one attached hydrogen (secondary N) is 1. The van der Waals surface area contributed by atoms with Gasteiger partial charge in [-0.1, -0.05) is 30.3 Å². The van der Waals surface area contributed by atoms with Crippen LogP contribution < -0.4 is 5.48 Å². The maximum atomic E-state index is 12.2. The van der Waals surface area contributed by atoms with E-state index < -0.39 is 6.04 Å². The molecule has 112 valence electrons. The Labute approximate surface area is 128 Å². The number of amides is 2. The lowest BCUT2D eigenvalue weighted by atomic mass is 10.2. The normalized spacial score (nSPS) is 27.8. The Hall–Kier alpha value is -1.53. The van der Waals surface area contributed by atoms with Crippen LogP contribution in [0, 0.1) is 0 Å². The first-order valence-corrected chi connectivity index (χ1v) is 8.00. The number of hydroxylamine groups is 1. The highest BCUT2D eigenvalue weighted by molar-refractivity contribution is 8.01. The van der Waals surface area contributed by atoms with Crippen molar-refractivity contribution in [3.05, 3.63) is 35.9 Å². The predicted octanol–water partition coefficient (Wildman–Crippen LogP) is 1.69. The Morgan fingerprint density at radius 1 is 1.48 bits per heavy atom. The summed E-state index contributed by atoms with van der Waals surface area (Å²) in [5, 5.41) is 0. The summed E-state index contributed by atoms with van der Waals surface area (Å²) in [6, 6.07) is 9.20. The maximum Gasteiger partial charge on any atom is 0.267 e. The number of fused-ring (bicyclic) bond motifs is 1. The molecule has 2 aliphatic heterocycles. The van der Waals surface area contributed by atoms with Gasteiger partial charge in [-0.2, -0.15) is 0 Å². The molecule has 2 fully saturated rings. The quantitative estimate of drug-likeness (QED) is 0.860. The van der Waals surface area contributed by atoms with Crippen molar-refractivity contribution >= 4 is 23.6 Å². The minimum absolute atomic E-state index is 0.0608. The molecule has 2 atom stereocenters. The number of carbonyl (C=O) groups is 2. The number of hydrogen-bond acceptors (Lipinski definition) is 4. The average molecular weight is 306 g/mol. The van der Waals surface area contributed by atoms with E-state index in [1.54, 1.807) is 16.7 Å². The molecule has 0 bridgehead atoms. The third-order valence-corrected chi connectivity index (χ3v) is 5.51. The van der Waals surface area contributed by atoms with Crippen molar-refractivity contribution in [1.82, 2.24) is 10.4 Å². The standard InChI is InChI=1S/C15H18N2O3S/c1-15-8-7-13(18)17(15)12(10-21-15)14(19)16-20-9-11-5-3-2-4-6-11/h2-6,12H,7-10H2,1H3,(H,16,19)/t12-,15-/m1/s1. The molecule has 6 heteroatoms. The lowest BCUT2D eigenvalue weighted by molar-refractivity contribution is -0.145. The lowest BCUT2D eigenvalue weighted by Gasteiger charge is -2.29. The van der Waals surface area contributed by atoms with Crippen LogP contribution in [0.4, 0.5) is 0 Å². The van der Waals surface area contributed by atoms with Crippen molar-refractivity contribution in [3.63, 3.8) is 0 Å². The molecule has 1 N–H and O–H groups in total. The number of thioether (sulfide) groups is 1. The van der Waals surface area contributed by atoms with E-state index in [2.05, 4.69) is 5.48 Å². The van der Waals surface area contributed by atoms with Crippen LogP contribution in [0.1, 0.15) is 25.3 Å². The largest absolute Gasteiger partial charge is 0.315 e. The third-order valence-electron chi connectivity index (χ3n) is 4.00.